The summed E-state index contributed by atoms with van der Waals surface area (Å²) in [6.45, 7) is 8.19. The molecule has 0 aromatic rings. The van der Waals surface area contributed by atoms with E-state index in [1.807, 2.05) is 0 Å². The summed E-state index contributed by atoms with van der Waals surface area (Å²) in [5, 5.41) is 3.00. The molecular weight excluding hydrogens is 214 g/mol. The summed E-state index contributed by atoms with van der Waals surface area (Å²) < 4.78 is 5.86. The third-order valence-corrected chi connectivity index (χ3v) is 3.75. The molecule has 0 bridgehead atoms. The van der Waals surface area contributed by atoms with Crippen LogP contribution in [0, 0.1) is 11.3 Å². The van der Waals surface area contributed by atoms with E-state index in [1.54, 1.807) is 6.08 Å². The van der Waals surface area contributed by atoms with Gasteiger partial charge in [0.25, 0.3) is 0 Å². The summed E-state index contributed by atoms with van der Waals surface area (Å²) in [5.41, 5.74) is 5.95. The van der Waals surface area contributed by atoms with Crippen molar-refractivity contribution in [1.29, 1.82) is 0 Å². The van der Waals surface area contributed by atoms with Gasteiger partial charge in [0.1, 0.15) is 0 Å². The fraction of sp³-hybridized carbons (Fsp3) is 0.769. The van der Waals surface area contributed by atoms with Crippen molar-refractivity contribution in [1.82, 2.24) is 5.32 Å². The number of guanidine groups is 1. The van der Waals surface area contributed by atoms with E-state index in [-0.39, 0.29) is 5.41 Å². The zero-order chi connectivity index (χ0) is 12.3. The molecule has 0 aromatic heterocycles. The minimum absolute atomic E-state index is 0.168. The van der Waals surface area contributed by atoms with Crippen molar-refractivity contribution in [2.75, 3.05) is 19.7 Å². The van der Waals surface area contributed by atoms with Gasteiger partial charge >= 0.3 is 0 Å². The predicted octanol–water partition coefficient (Wildman–Crippen LogP) is 1.28. The number of nitrogens with one attached hydrogen (secondary N) is 1. The molecule has 1 saturated carbocycles. The molecule has 1 heterocycles. The number of hydrogen-bond acceptors (Lipinski definition) is 2. The van der Waals surface area contributed by atoms with Gasteiger partial charge in [0.05, 0.1) is 12.6 Å². The lowest BCUT2D eigenvalue weighted by molar-refractivity contribution is 0.0425. The number of ether oxygens (including phenoxy) is 1. The summed E-state index contributed by atoms with van der Waals surface area (Å²) in [5.74, 6) is 1.27. The van der Waals surface area contributed by atoms with Gasteiger partial charge in [-0.05, 0) is 25.2 Å². The van der Waals surface area contributed by atoms with Crippen molar-refractivity contribution >= 4 is 5.96 Å². The predicted molar refractivity (Wildman–Crippen MR) is 69.9 cm³/mol. The molecule has 1 aliphatic carbocycles. The SMILES string of the molecule is C=CCNC(N)=NCC1(C)CCOC1C1CC1. The van der Waals surface area contributed by atoms with Crippen LogP contribution in [0.3, 0.4) is 0 Å². The fourth-order valence-electron chi connectivity index (χ4n) is 2.53. The number of rotatable bonds is 5. The van der Waals surface area contributed by atoms with Gasteiger partial charge in [-0.2, -0.15) is 0 Å². The first-order valence-electron chi connectivity index (χ1n) is 6.42. The number of aliphatic imine (C=N–C) groups is 1. The lowest BCUT2D eigenvalue weighted by Gasteiger charge is -2.28. The Hall–Kier alpha value is -1.03. The van der Waals surface area contributed by atoms with Crippen LogP contribution in [-0.2, 0) is 4.74 Å². The van der Waals surface area contributed by atoms with Crippen LogP contribution in [0.25, 0.3) is 0 Å². The van der Waals surface area contributed by atoms with Crippen molar-refractivity contribution in [3.8, 4) is 0 Å². The Morgan fingerprint density at radius 3 is 3.06 bits per heavy atom. The first-order valence-corrected chi connectivity index (χ1v) is 6.42. The Balaban J connectivity index is 1.89. The number of nitrogens with zero attached hydrogens (tertiary/aromatic N) is 1. The van der Waals surface area contributed by atoms with Gasteiger partial charge in [0, 0.05) is 18.6 Å². The standard InChI is InChI=1S/C13H23N3O/c1-3-7-15-12(14)16-9-13(2)6-8-17-11(13)10-4-5-10/h3,10-11H,1,4-9H2,2H3,(H3,14,15,16). The largest absolute Gasteiger partial charge is 0.377 e. The van der Waals surface area contributed by atoms with E-state index in [0.717, 1.165) is 25.5 Å². The summed E-state index contributed by atoms with van der Waals surface area (Å²) in [6, 6.07) is 0. The first kappa shape index (κ1) is 12.4. The lowest BCUT2D eigenvalue weighted by atomic mass is 9.81. The molecule has 0 amide bonds. The van der Waals surface area contributed by atoms with Crippen molar-refractivity contribution in [3.63, 3.8) is 0 Å². The Labute approximate surface area is 103 Å². The molecule has 2 aliphatic rings. The highest BCUT2D eigenvalue weighted by molar-refractivity contribution is 5.77. The van der Waals surface area contributed by atoms with Crippen LogP contribution in [-0.4, -0.2) is 31.8 Å². The third kappa shape index (κ3) is 3.00. The van der Waals surface area contributed by atoms with Crippen molar-refractivity contribution in [3.05, 3.63) is 12.7 Å². The molecule has 2 rings (SSSR count). The van der Waals surface area contributed by atoms with Crippen molar-refractivity contribution in [2.45, 2.75) is 32.3 Å². The normalized spacial score (nSPS) is 33.7. The molecule has 2 fully saturated rings. The molecule has 4 nitrogen and oxygen atoms in total. The van der Waals surface area contributed by atoms with Gasteiger partial charge in [-0.1, -0.05) is 13.0 Å². The third-order valence-electron chi connectivity index (χ3n) is 3.75. The van der Waals surface area contributed by atoms with E-state index in [2.05, 4.69) is 23.8 Å². The number of nitrogens with two attached hydrogens (primary N) is 1. The average Bonchev–Trinajstić information content (AvgIpc) is 3.08. The van der Waals surface area contributed by atoms with Crippen LogP contribution in [0.4, 0.5) is 0 Å². The topological polar surface area (TPSA) is 59.6 Å². The first-order chi connectivity index (χ1) is 8.15. The molecule has 1 aliphatic heterocycles. The summed E-state index contributed by atoms with van der Waals surface area (Å²) in [6.07, 6.45) is 5.88. The quantitative estimate of drug-likeness (QED) is 0.430. The highest BCUT2D eigenvalue weighted by Crippen LogP contribution is 2.47. The Morgan fingerprint density at radius 1 is 1.65 bits per heavy atom. The molecule has 3 N–H and O–H groups in total. The van der Waals surface area contributed by atoms with Gasteiger partial charge < -0.3 is 15.8 Å². The van der Waals surface area contributed by atoms with E-state index < -0.39 is 0 Å². The van der Waals surface area contributed by atoms with Gasteiger partial charge in [0.15, 0.2) is 5.96 Å². The Morgan fingerprint density at radius 2 is 2.41 bits per heavy atom. The summed E-state index contributed by atoms with van der Waals surface area (Å²) in [7, 11) is 0. The maximum atomic E-state index is 5.86. The van der Waals surface area contributed by atoms with E-state index in [1.165, 1.54) is 12.8 Å². The van der Waals surface area contributed by atoms with E-state index >= 15 is 0 Å². The second-order valence-electron chi connectivity index (χ2n) is 5.40. The highest BCUT2D eigenvalue weighted by Gasteiger charge is 2.47. The molecule has 1 saturated heterocycles. The van der Waals surface area contributed by atoms with Gasteiger partial charge in [-0.25, -0.2) is 0 Å². The van der Waals surface area contributed by atoms with E-state index in [9.17, 15) is 0 Å². The maximum absolute atomic E-state index is 5.86. The van der Waals surface area contributed by atoms with E-state index in [0.29, 0.717) is 18.6 Å². The van der Waals surface area contributed by atoms with Crippen LogP contribution < -0.4 is 11.1 Å². The summed E-state index contributed by atoms with van der Waals surface area (Å²) >= 11 is 0. The van der Waals surface area contributed by atoms with Crippen molar-refractivity contribution < 1.29 is 4.74 Å². The smallest absolute Gasteiger partial charge is 0.188 e. The van der Waals surface area contributed by atoms with Crippen LogP contribution in [0.5, 0.6) is 0 Å². The maximum Gasteiger partial charge on any atom is 0.188 e. The van der Waals surface area contributed by atoms with Crippen LogP contribution in [0.1, 0.15) is 26.2 Å². The summed E-state index contributed by atoms with van der Waals surface area (Å²) in [4.78, 5) is 4.43. The molecule has 0 aromatic carbocycles. The Bertz CT molecular complexity index is 312. The van der Waals surface area contributed by atoms with Crippen LogP contribution >= 0.6 is 0 Å². The van der Waals surface area contributed by atoms with Gasteiger partial charge in [0.2, 0.25) is 0 Å². The fourth-order valence-corrected chi connectivity index (χ4v) is 2.53. The van der Waals surface area contributed by atoms with Crippen LogP contribution in [0.15, 0.2) is 17.6 Å². The van der Waals surface area contributed by atoms with Crippen molar-refractivity contribution in [2.24, 2.45) is 22.1 Å². The zero-order valence-electron chi connectivity index (χ0n) is 10.6. The molecule has 0 radical (unpaired) electrons. The molecule has 2 atom stereocenters. The second-order valence-corrected chi connectivity index (χ2v) is 5.40. The van der Waals surface area contributed by atoms with Gasteiger partial charge in [-0.15, -0.1) is 6.58 Å². The molecule has 4 heteroatoms. The Kier molecular flexibility index (Phi) is 3.72. The minimum atomic E-state index is 0.168. The number of hydrogen-bond donors (Lipinski definition) is 2. The molecule has 96 valence electrons. The average molecular weight is 237 g/mol. The molecule has 17 heavy (non-hydrogen) atoms. The van der Waals surface area contributed by atoms with E-state index in [4.69, 9.17) is 10.5 Å². The molecule has 2 unspecified atom stereocenters. The highest BCUT2D eigenvalue weighted by atomic mass is 16.5. The second kappa shape index (κ2) is 5.08. The minimum Gasteiger partial charge on any atom is -0.377 e. The lowest BCUT2D eigenvalue weighted by Crippen LogP contribution is -2.36. The van der Waals surface area contributed by atoms with Crippen LogP contribution in [0.2, 0.25) is 0 Å². The monoisotopic (exact) mass is 237 g/mol. The molecular formula is C13H23N3O. The van der Waals surface area contributed by atoms with Gasteiger partial charge in [-0.3, -0.25) is 4.99 Å². The zero-order valence-corrected chi connectivity index (χ0v) is 10.6. The molecule has 0 spiro atoms.